The quantitative estimate of drug-likeness (QED) is 0.227. The van der Waals surface area contributed by atoms with Crippen LogP contribution in [0.1, 0.15) is 82.0 Å². The molecule has 1 heterocycles. The van der Waals surface area contributed by atoms with Crippen molar-refractivity contribution in [2.45, 2.75) is 109 Å². The number of hydrogen-bond acceptors (Lipinski definition) is 13. The minimum Gasteiger partial charge on any atom is -0.462 e. The minimum atomic E-state index is -1.88. The van der Waals surface area contributed by atoms with Crippen molar-refractivity contribution in [2.24, 2.45) is 16.7 Å². The van der Waals surface area contributed by atoms with E-state index in [1.165, 1.54) is 46.8 Å². The molecule has 284 valence electrons. The first kappa shape index (κ1) is 38.1. The lowest BCUT2D eigenvalue weighted by Gasteiger charge is -2.65. The third kappa shape index (κ3) is 6.12. The van der Waals surface area contributed by atoms with E-state index in [1.54, 1.807) is 62.4 Å². The van der Waals surface area contributed by atoms with Crippen LogP contribution in [0, 0.1) is 16.7 Å². The predicted octanol–water partition coefficient (Wildman–Crippen LogP) is 3.88. The highest BCUT2D eigenvalue weighted by molar-refractivity contribution is 5.90. The van der Waals surface area contributed by atoms with E-state index in [1.807, 2.05) is 0 Å². The van der Waals surface area contributed by atoms with Crippen LogP contribution in [0.4, 0.5) is 0 Å². The molecule has 6 rings (SSSR count). The Kier molecular flexibility index (Phi) is 9.84. The van der Waals surface area contributed by atoms with Gasteiger partial charge in [0.25, 0.3) is 0 Å². The lowest BCUT2D eigenvalue weighted by atomic mass is 9.49. The minimum absolute atomic E-state index is 0.0467. The lowest BCUT2D eigenvalue weighted by Crippen LogP contribution is -2.79. The number of fused-ring (bicyclic) bond motifs is 4. The maximum absolute atomic E-state index is 14.3. The Balaban J connectivity index is 1.71. The molecular formula is C40H46O13. The summed E-state index contributed by atoms with van der Waals surface area (Å²) in [6.45, 7) is 9.69. The molecule has 3 aliphatic carbocycles. The van der Waals surface area contributed by atoms with Crippen molar-refractivity contribution in [1.29, 1.82) is 0 Å². The molecule has 0 bridgehead atoms. The molecule has 2 N–H and O–H groups in total. The maximum Gasteiger partial charge on any atom is 0.338 e. The van der Waals surface area contributed by atoms with Crippen LogP contribution < -0.4 is 0 Å². The highest BCUT2D eigenvalue weighted by atomic mass is 16.6. The third-order valence-electron chi connectivity index (χ3n) is 11.8. The van der Waals surface area contributed by atoms with E-state index in [9.17, 15) is 34.2 Å². The first-order valence-electron chi connectivity index (χ1n) is 17.7. The summed E-state index contributed by atoms with van der Waals surface area (Å²) in [5.74, 6) is -4.96. The Labute approximate surface area is 307 Å². The van der Waals surface area contributed by atoms with E-state index in [0.717, 1.165) is 0 Å². The van der Waals surface area contributed by atoms with E-state index in [0.29, 0.717) is 5.57 Å². The summed E-state index contributed by atoms with van der Waals surface area (Å²) in [4.78, 5) is 66.9. The molecule has 0 unspecified atom stereocenters. The van der Waals surface area contributed by atoms with Gasteiger partial charge in [-0.2, -0.15) is 0 Å². The predicted molar refractivity (Wildman–Crippen MR) is 185 cm³/mol. The number of esters is 5. The third-order valence-corrected chi connectivity index (χ3v) is 11.8. The Bertz CT molecular complexity index is 1820. The van der Waals surface area contributed by atoms with Gasteiger partial charge in [0.15, 0.2) is 5.60 Å². The Hall–Kier alpha value is -4.59. The van der Waals surface area contributed by atoms with Crippen LogP contribution in [-0.2, 0) is 42.8 Å². The fourth-order valence-corrected chi connectivity index (χ4v) is 9.60. The molecule has 1 saturated heterocycles. The van der Waals surface area contributed by atoms with Crippen molar-refractivity contribution in [3.8, 4) is 0 Å². The molecule has 1 aliphatic heterocycles. The van der Waals surface area contributed by atoms with Gasteiger partial charge >= 0.3 is 29.8 Å². The average Bonchev–Trinajstić information content (AvgIpc) is 3.35. The van der Waals surface area contributed by atoms with E-state index in [2.05, 4.69) is 0 Å². The van der Waals surface area contributed by atoms with E-state index >= 15 is 0 Å². The van der Waals surface area contributed by atoms with E-state index in [-0.39, 0.29) is 36.1 Å². The molecule has 0 aromatic heterocycles. The highest BCUT2D eigenvalue weighted by Crippen LogP contribution is 2.68. The van der Waals surface area contributed by atoms with Gasteiger partial charge in [0.1, 0.15) is 36.6 Å². The van der Waals surface area contributed by atoms with Crippen LogP contribution in [0.25, 0.3) is 0 Å². The van der Waals surface area contributed by atoms with Gasteiger partial charge < -0.3 is 38.6 Å². The molecule has 10 atom stereocenters. The number of benzene rings is 2. The first-order valence-corrected chi connectivity index (χ1v) is 17.7. The van der Waals surface area contributed by atoms with Crippen molar-refractivity contribution in [2.75, 3.05) is 6.61 Å². The second kappa shape index (κ2) is 13.7. The molecule has 4 aliphatic rings. The van der Waals surface area contributed by atoms with Crippen molar-refractivity contribution in [1.82, 2.24) is 0 Å². The van der Waals surface area contributed by atoms with Crippen LogP contribution in [0.5, 0.6) is 0 Å². The molecule has 2 saturated carbocycles. The van der Waals surface area contributed by atoms with Crippen LogP contribution in [-0.4, -0.2) is 94.5 Å². The highest BCUT2D eigenvalue weighted by Gasteiger charge is 2.80. The van der Waals surface area contributed by atoms with Crippen molar-refractivity contribution < 1.29 is 62.6 Å². The summed E-state index contributed by atoms with van der Waals surface area (Å²) in [6, 6.07) is 16.2. The summed E-state index contributed by atoms with van der Waals surface area (Å²) in [5, 5.41) is 25.4. The normalized spacial score (nSPS) is 34.5. The van der Waals surface area contributed by atoms with Gasteiger partial charge in [0, 0.05) is 33.6 Å². The number of rotatable bonds is 8. The molecule has 2 aromatic carbocycles. The van der Waals surface area contributed by atoms with Gasteiger partial charge in [0.05, 0.1) is 40.1 Å². The summed E-state index contributed by atoms with van der Waals surface area (Å²) < 4.78 is 37.1. The van der Waals surface area contributed by atoms with Crippen molar-refractivity contribution >= 4 is 29.8 Å². The Morgan fingerprint density at radius 3 is 1.77 bits per heavy atom. The molecule has 13 heteroatoms. The summed E-state index contributed by atoms with van der Waals surface area (Å²) in [6.07, 6.45) is -8.24. The number of aliphatic hydroxyl groups excluding tert-OH is 1. The van der Waals surface area contributed by atoms with E-state index < -0.39 is 94.4 Å². The number of ether oxygens (including phenoxy) is 6. The van der Waals surface area contributed by atoms with Crippen LogP contribution in [0.2, 0.25) is 0 Å². The average molecular weight is 735 g/mol. The molecule has 3 fully saturated rings. The van der Waals surface area contributed by atoms with Crippen LogP contribution in [0.3, 0.4) is 0 Å². The fraction of sp³-hybridized carbons (Fsp3) is 0.525. The molecule has 0 spiro atoms. The standard InChI is InChI=1S/C40H46O13/c1-21-27(49-22(2)41)19-39(37(5,6)47)30(21)31(44)33(51-35(45)25-14-10-8-11-15-25)38(7)28(50-23(3)42)18-29-40(20-48-29,53-24(4)43)32(38)34(39)52-36(46)26-16-12-9-13-17-26/h8-17,27-29,31-34,44,47H,18-20H2,1-7H3/t27-,28+,29-,31+,32+,33-,34+,38-,39-,40-/m0/s1. The SMILES string of the molecule is CC(=O)O[C@H]1C[C@]2(C(C)(C)O)C(=C1C)[C@@H](O)[C@H](OC(=O)c1ccccc1)[C@@]1(C)[C@H](OC(C)=O)C[C@@H]3OC[C@@]3(OC(C)=O)[C@@H]1[C@H]2OC(=O)c1ccccc1. The smallest absolute Gasteiger partial charge is 0.338 e. The zero-order valence-corrected chi connectivity index (χ0v) is 30.8. The summed E-state index contributed by atoms with van der Waals surface area (Å²) in [7, 11) is 0. The zero-order chi connectivity index (χ0) is 38.7. The Morgan fingerprint density at radius 1 is 0.792 bits per heavy atom. The molecule has 53 heavy (non-hydrogen) atoms. The number of carbonyl (C=O) groups is 5. The van der Waals surface area contributed by atoms with Crippen molar-refractivity contribution in [3.05, 3.63) is 82.9 Å². The lowest BCUT2D eigenvalue weighted by molar-refractivity contribution is -0.351. The van der Waals surface area contributed by atoms with Gasteiger partial charge in [-0.1, -0.05) is 43.3 Å². The van der Waals surface area contributed by atoms with Gasteiger partial charge in [-0.05, 0) is 56.2 Å². The molecule has 2 aromatic rings. The fourth-order valence-electron chi connectivity index (χ4n) is 9.60. The van der Waals surface area contributed by atoms with Crippen LogP contribution in [0.15, 0.2) is 71.8 Å². The number of hydrogen-bond donors (Lipinski definition) is 2. The van der Waals surface area contributed by atoms with Gasteiger partial charge in [-0.25, -0.2) is 9.59 Å². The second-order valence-corrected chi connectivity index (χ2v) is 15.3. The summed E-state index contributed by atoms with van der Waals surface area (Å²) >= 11 is 0. The topological polar surface area (TPSA) is 181 Å². The van der Waals surface area contributed by atoms with Crippen molar-refractivity contribution in [3.63, 3.8) is 0 Å². The van der Waals surface area contributed by atoms with Gasteiger partial charge in [0.2, 0.25) is 0 Å². The largest absolute Gasteiger partial charge is 0.462 e. The molecule has 0 amide bonds. The zero-order valence-electron chi connectivity index (χ0n) is 30.8. The van der Waals surface area contributed by atoms with Gasteiger partial charge in [-0.3, -0.25) is 14.4 Å². The molecular weight excluding hydrogens is 688 g/mol. The Morgan fingerprint density at radius 2 is 1.32 bits per heavy atom. The number of aliphatic hydroxyl groups is 2. The maximum atomic E-state index is 14.3. The molecule has 0 radical (unpaired) electrons. The monoisotopic (exact) mass is 734 g/mol. The first-order chi connectivity index (χ1) is 24.9. The second-order valence-electron chi connectivity index (χ2n) is 15.3. The van der Waals surface area contributed by atoms with Gasteiger partial charge in [-0.15, -0.1) is 0 Å². The van der Waals surface area contributed by atoms with Crippen LogP contribution >= 0.6 is 0 Å². The summed E-state index contributed by atoms with van der Waals surface area (Å²) in [5.41, 5.74) is -6.25. The number of carbonyl (C=O) groups excluding carboxylic acids is 5. The molecule has 13 nitrogen and oxygen atoms in total. The van der Waals surface area contributed by atoms with E-state index in [4.69, 9.17) is 28.4 Å².